The first-order chi connectivity index (χ1) is 19.9. The Kier molecular flexibility index (Phi) is 10.2. The fourth-order valence-electron chi connectivity index (χ4n) is 6.18. The third-order valence-electron chi connectivity index (χ3n) is 8.79. The van der Waals surface area contributed by atoms with Crippen LogP contribution < -0.4 is 10.0 Å². The molecule has 3 aromatic rings. The molecule has 1 aliphatic heterocycles. The lowest BCUT2D eigenvalue weighted by atomic mass is 9.82. The monoisotopic (exact) mass is 588 g/mol. The number of benzene rings is 3. The Balaban J connectivity index is 1.55. The van der Waals surface area contributed by atoms with Crippen LogP contribution in [0.25, 0.3) is 0 Å². The second-order valence-electron chi connectivity index (χ2n) is 13.0. The predicted molar refractivity (Wildman–Crippen MR) is 175 cm³/mol. The molecule has 0 aromatic heterocycles. The standard InChI is InChI=1S/C36H48N2O3S/c1-7-13-26(8-2)15-12-14-25(3)35(39)34-33(27-16-10-9-11-17-27)31-24-29(20-23-32(31)37-34)38-42(40,41)30-21-18-28(19-22-30)36(4,5)6/h9-11,16-26,33-34,37-38H,7-8,12-15H2,1-6H3/t25-,26-,33?,34?/m0/s1. The van der Waals surface area contributed by atoms with E-state index in [1.165, 1.54) is 25.7 Å². The maximum absolute atomic E-state index is 13.9. The number of nitrogens with one attached hydrogen (secondary N) is 2. The molecule has 0 saturated carbocycles. The zero-order chi connectivity index (χ0) is 30.5. The predicted octanol–water partition coefficient (Wildman–Crippen LogP) is 8.91. The van der Waals surface area contributed by atoms with Gasteiger partial charge in [-0.25, -0.2) is 8.42 Å². The summed E-state index contributed by atoms with van der Waals surface area (Å²) >= 11 is 0. The summed E-state index contributed by atoms with van der Waals surface area (Å²) in [5.41, 5.74) is 4.35. The van der Waals surface area contributed by atoms with Gasteiger partial charge < -0.3 is 5.32 Å². The molecule has 0 aliphatic carbocycles. The average molecular weight is 589 g/mol. The van der Waals surface area contributed by atoms with E-state index in [-0.39, 0.29) is 27.9 Å². The molecule has 3 aromatic carbocycles. The summed E-state index contributed by atoms with van der Waals surface area (Å²) in [5.74, 6) is 0.692. The fourth-order valence-corrected chi connectivity index (χ4v) is 7.23. The van der Waals surface area contributed by atoms with Crippen molar-refractivity contribution in [2.75, 3.05) is 10.0 Å². The summed E-state index contributed by atoms with van der Waals surface area (Å²) in [4.78, 5) is 14.1. The summed E-state index contributed by atoms with van der Waals surface area (Å²) < 4.78 is 29.4. The largest absolute Gasteiger partial charge is 0.374 e. The van der Waals surface area contributed by atoms with Crippen LogP contribution >= 0.6 is 0 Å². The molecule has 1 heterocycles. The first-order valence-corrected chi connectivity index (χ1v) is 17.1. The van der Waals surface area contributed by atoms with Crippen molar-refractivity contribution in [3.8, 4) is 0 Å². The van der Waals surface area contributed by atoms with Crippen LogP contribution in [0.1, 0.15) is 103 Å². The third-order valence-corrected chi connectivity index (χ3v) is 10.2. The van der Waals surface area contributed by atoms with Gasteiger partial charge in [-0.2, -0.15) is 0 Å². The normalized spacial score (nSPS) is 18.1. The Hall–Kier alpha value is -3.12. The molecular weight excluding hydrogens is 540 g/mol. The molecule has 2 N–H and O–H groups in total. The lowest BCUT2D eigenvalue weighted by Crippen LogP contribution is -2.35. The number of hydrogen-bond donors (Lipinski definition) is 2. The van der Waals surface area contributed by atoms with Crippen LogP contribution in [0, 0.1) is 11.8 Å². The number of Topliss-reactive ketones (excluding diaryl/α,β-unsaturated/α-hetero) is 1. The van der Waals surface area contributed by atoms with Gasteiger partial charge in [-0.05, 0) is 64.8 Å². The summed E-state index contributed by atoms with van der Waals surface area (Å²) in [6, 6.07) is 22.3. The number of hydrogen-bond acceptors (Lipinski definition) is 4. The SMILES string of the molecule is CCC[C@H](CC)CCC[C@H](C)C(=O)C1Nc2ccc(NS(=O)(=O)c3ccc(C(C)(C)C)cc3)cc2C1c1ccccc1. The van der Waals surface area contributed by atoms with Crippen LogP contribution in [0.15, 0.2) is 77.7 Å². The van der Waals surface area contributed by atoms with Crippen LogP contribution in [0.3, 0.4) is 0 Å². The molecule has 0 amide bonds. The summed E-state index contributed by atoms with van der Waals surface area (Å²) in [7, 11) is -3.78. The van der Waals surface area contributed by atoms with Crippen molar-refractivity contribution in [2.24, 2.45) is 11.8 Å². The number of ketones is 1. The van der Waals surface area contributed by atoms with Crippen molar-refractivity contribution in [1.29, 1.82) is 0 Å². The van der Waals surface area contributed by atoms with Crippen molar-refractivity contribution in [3.05, 3.63) is 89.5 Å². The van der Waals surface area contributed by atoms with Crippen molar-refractivity contribution >= 4 is 27.2 Å². The number of carbonyl (C=O) groups is 1. The number of fused-ring (bicyclic) bond motifs is 1. The molecular formula is C36H48N2O3S. The van der Waals surface area contributed by atoms with Crippen LogP contribution in [0.2, 0.25) is 0 Å². The van der Waals surface area contributed by atoms with E-state index in [0.717, 1.165) is 41.1 Å². The van der Waals surface area contributed by atoms with Crippen molar-refractivity contribution < 1.29 is 13.2 Å². The second kappa shape index (κ2) is 13.5. The second-order valence-corrected chi connectivity index (χ2v) is 14.7. The van der Waals surface area contributed by atoms with Gasteiger partial charge in [-0.3, -0.25) is 9.52 Å². The van der Waals surface area contributed by atoms with E-state index in [1.54, 1.807) is 18.2 Å². The van der Waals surface area contributed by atoms with E-state index in [0.29, 0.717) is 5.69 Å². The van der Waals surface area contributed by atoms with Gasteiger partial charge in [0, 0.05) is 23.2 Å². The molecule has 0 spiro atoms. The fraction of sp³-hybridized carbons (Fsp3) is 0.472. The van der Waals surface area contributed by atoms with Gasteiger partial charge in [-0.1, -0.05) is 116 Å². The number of rotatable bonds is 13. The molecule has 4 atom stereocenters. The molecule has 0 bridgehead atoms. The van der Waals surface area contributed by atoms with Crippen LogP contribution in [-0.4, -0.2) is 20.2 Å². The van der Waals surface area contributed by atoms with Crippen LogP contribution in [-0.2, 0) is 20.2 Å². The zero-order valence-electron chi connectivity index (χ0n) is 26.1. The average Bonchev–Trinajstić information content (AvgIpc) is 3.34. The molecule has 0 fully saturated rings. The maximum atomic E-state index is 13.9. The minimum atomic E-state index is -3.78. The van der Waals surface area contributed by atoms with Crippen molar-refractivity contribution in [1.82, 2.24) is 0 Å². The summed E-state index contributed by atoms with van der Waals surface area (Å²) in [6.07, 6.45) is 6.77. The third kappa shape index (κ3) is 7.44. The highest BCUT2D eigenvalue weighted by molar-refractivity contribution is 7.92. The molecule has 2 unspecified atom stereocenters. The van der Waals surface area contributed by atoms with Gasteiger partial charge in [-0.15, -0.1) is 0 Å². The van der Waals surface area contributed by atoms with E-state index < -0.39 is 16.1 Å². The van der Waals surface area contributed by atoms with Gasteiger partial charge in [0.2, 0.25) is 0 Å². The topological polar surface area (TPSA) is 75.3 Å². The Morgan fingerprint density at radius 1 is 0.929 bits per heavy atom. The summed E-state index contributed by atoms with van der Waals surface area (Å²) in [5, 5.41) is 3.51. The van der Waals surface area contributed by atoms with E-state index in [9.17, 15) is 13.2 Å². The molecule has 42 heavy (non-hydrogen) atoms. The van der Waals surface area contributed by atoms with E-state index in [4.69, 9.17) is 0 Å². The van der Waals surface area contributed by atoms with Crippen LogP contribution in [0.5, 0.6) is 0 Å². The van der Waals surface area contributed by atoms with E-state index >= 15 is 0 Å². The first kappa shape index (κ1) is 31.8. The molecule has 4 rings (SSSR count). The van der Waals surface area contributed by atoms with Gasteiger partial charge in [0.1, 0.15) is 0 Å². The highest BCUT2D eigenvalue weighted by Gasteiger charge is 2.39. The smallest absolute Gasteiger partial charge is 0.261 e. The Morgan fingerprint density at radius 3 is 2.24 bits per heavy atom. The lowest BCUT2D eigenvalue weighted by Gasteiger charge is -2.24. The summed E-state index contributed by atoms with van der Waals surface area (Å²) in [6.45, 7) is 12.9. The number of sulfonamides is 1. The number of anilines is 2. The van der Waals surface area contributed by atoms with Crippen molar-refractivity contribution in [3.63, 3.8) is 0 Å². The van der Waals surface area contributed by atoms with Crippen molar-refractivity contribution in [2.45, 2.75) is 102 Å². The zero-order valence-corrected chi connectivity index (χ0v) is 26.9. The number of carbonyl (C=O) groups excluding carboxylic acids is 1. The minimum absolute atomic E-state index is 0.0591. The molecule has 1 aliphatic rings. The van der Waals surface area contributed by atoms with E-state index in [1.807, 2.05) is 42.5 Å². The molecule has 0 radical (unpaired) electrons. The first-order valence-electron chi connectivity index (χ1n) is 15.6. The highest BCUT2D eigenvalue weighted by Crippen LogP contribution is 2.43. The highest BCUT2D eigenvalue weighted by atomic mass is 32.2. The Labute approximate surface area is 253 Å². The maximum Gasteiger partial charge on any atom is 0.261 e. The lowest BCUT2D eigenvalue weighted by molar-refractivity contribution is -0.123. The van der Waals surface area contributed by atoms with Gasteiger partial charge in [0.05, 0.1) is 10.9 Å². The quantitative estimate of drug-likeness (QED) is 0.209. The Morgan fingerprint density at radius 2 is 1.62 bits per heavy atom. The Bertz CT molecular complexity index is 1440. The van der Waals surface area contributed by atoms with Gasteiger partial charge in [0.25, 0.3) is 10.0 Å². The van der Waals surface area contributed by atoms with E-state index in [2.05, 4.69) is 63.7 Å². The molecule has 5 nitrogen and oxygen atoms in total. The van der Waals surface area contributed by atoms with Crippen LogP contribution in [0.4, 0.5) is 11.4 Å². The molecule has 0 saturated heterocycles. The molecule has 6 heteroatoms. The molecule has 226 valence electrons. The van der Waals surface area contributed by atoms with Gasteiger partial charge in [0.15, 0.2) is 5.78 Å². The van der Waals surface area contributed by atoms with Gasteiger partial charge >= 0.3 is 0 Å². The minimum Gasteiger partial charge on any atom is -0.374 e.